The van der Waals surface area contributed by atoms with Crippen LogP contribution in [0.2, 0.25) is 0 Å². The van der Waals surface area contributed by atoms with Crippen LogP contribution in [0.15, 0.2) is 24.4 Å². The number of nitrogens with one attached hydrogen (secondary N) is 3. The van der Waals surface area contributed by atoms with E-state index in [0.29, 0.717) is 49.1 Å². The van der Waals surface area contributed by atoms with Crippen molar-refractivity contribution in [3.8, 4) is 0 Å². The number of hydrogen-bond donors (Lipinski definition) is 3. The Hall–Kier alpha value is -2.90. The summed E-state index contributed by atoms with van der Waals surface area (Å²) in [5, 5.41) is 6.19. The monoisotopic (exact) mass is 521 g/mol. The molecule has 3 heterocycles. The van der Waals surface area contributed by atoms with Gasteiger partial charge in [0.25, 0.3) is 0 Å². The number of imidazole rings is 1. The van der Waals surface area contributed by atoms with Crippen molar-refractivity contribution in [3.05, 3.63) is 36.0 Å². The zero-order valence-corrected chi connectivity index (χ0v) is 20.7. The minimum absolute atomic E-state index is 0.0126. The van der Waals surface area contributed by atoms with Gasteiger partial charge in [-0.25, -0.2) is 31.9 Å². The number of fused-ring (bicyclic) bond motifs is 1. The molecule has 0 radical (unpaired) electrons. The molecule has 1 saturated heterocycles. The van der Waals surface area contributed by atoms with Gasteiger partial charge in [-0.2, -0.15) is 4.98 Å². The first kappa shape index (κ1) is 24.8. The van der Waals surface area contributed by atoms with Gasteiger partial charge >= 0.3 is 0 Å². The van der Waals surface area contributed by atoms with Crippen molar-refractivity contribution in [1.29, 1.82) is 0 Å². The van der Waals surface area contributed by atoms with Gasteiger partial charge in [-0.1, -0.05) is 6.07 Å². The summed E-state index contributed by atoms with van der Waals surface area (Å²) in [6.45, 7) is 1.14. The van der Waals surface area contributed by atoms with Crippen LogP contribution in [-0.4, -0.2) is 59.5 Å². The van der Waals surface area contributed by atoms with E-state index in [1.54, 1.807) is 6.20 Å². The average molecular weight is 522 g/mol. The molecule has 0 amide bonds. The number of anilines is 3. The Bertz CT molecular complexity index is 1320. The summed E-state index contributed by atoms with van der Waals surface area (Å²) in [6, 6.07) is 3.71. The number of nitrogens with zero attached hydrogens (tertiary/aromatic N) is 4. The molecular weight excluding hydrogens is 492 g/mol. The second-order valence-corrected chi connectivity index (χ2v) is 11.1. The molecule has 194 valence electrons. The van der Waals surface area contributed by atoms with Gasteiger partial charge in [0.05, 0.1) is 12.5 Å². The SMILES string of the molecule is CS(=O)(=O)NC1CCC(Nc2ncc3nc(Nc4c(F)cccc4F)n(C4CCOCC4)c3n2)CC1. The van der Waals surface area contributed by atoms with Crippen LogP contribution in [0, 0.1) is 11.6 Å². The highest BCUT2D eigenvalue weighted by Crippen LogP contribution is 2.33. The Morgan fingerprint density at radius 3 is 2.33 bits per heavy atom. The lowest BCUT2D eigenvalue weighted by molar-refractivity contribution is 0.0710. The molecule has 5 rings (SSSR count). The third-order valence-electron chi connectivity index (χ3n) is 6.63. The zero-order chi connectivity index (χ0) is 25.3. The lowest BCUT2D eigenvalue weighted by atomic mass is 9.92. The Kier molecular flexibility index (Phi) is 7.04. The van der Waals surface area contributed by atoms with Crippen molar-refractivity contribution < 1.29 is 21.9 Å². The molecule has 1 aromatic carbocycles. The third kappa shape index (κ3) is 5.57. The first-order valence-corrected chi connectivity index (χ1v) is 13.9. The molecule has 0 atom stereocenters. The largest absolute Gasteiger partial charge is 0.381 e. The topological polar surface area (TPSA) is 123 Å². The molecule has 10 nitrogen and oxygen atoms in total. The predicted octanol–water partition coefficient (Wildman–Crippen LogP) is 3.47. The maximum Gasteiger partial charge on any atom is 0.224 e. The highest BCUT2D eigenvalue weighted by Gasteiger charge is 2.26. The minimum Gasteiger partial charge on any atom is -0.381 e. The quantitative estimate of drug-likeness (QED) is 0.432. The molecule has 2 fully saturated rings. The van der Waals surface area contributed by atoms with Gasteiger partial charge < -0.3 is 15.4 Å². The van der Waals surface area contributed by atoms with Crippen LogP contribution in [0.4, 0.5) is 26.4 Å². The number of aromatic nitrogens is 4. The number of hydrogen-bond acceptors (Lipinski definition) is 8. The van der Waals surface area contributed by atoms with E-state index in [4.69, 9.17) is 9.72 Å². The van der Waals surface area contributed by atoms with Crippen LogP contribution in [0.5, 0.6) is 0 Å². The van der Waals surface area contributed by atoms with Crippen molar-refractivity contribution in [2.75, 3.05) is 30.1 Å². The number of ether oxygens (including phenoxy) is 1. The fraction of sp³-hybridized carbons (Fsp3) is 0.522. The fourth-order valence-electron chi connectivity index (χ4n) is 4.91. The smallest absolute Gasteiger partial charge is 0.224 e. The summed E-state index contributed by atoms with van der Waals surface area (Å²) in [6.07, 6.45) is 7.17. The molecule has 1 saturated carbocycles. The van der Waals surface area contributed by atoms with E-state index in [1.807, 2.05) is 4.57 Å². The summed E-state index contributed by atoms with van der Waals surface area (Å²) < 4.78 is 61.8. The van der Waals surface area contributed by atoms with Gasteiger partial charge in [0.2, 0.25) is 21.9 Å². The van der Waals surface area contributed by atoms with Gasteiger partial charge in [-0.3, -0.25) is 4.57 Å². The molecular formula is C23H29F2N7O3S. The highest BCUT2D eigenvalue weighted by molar-refractivity contribution is 7.88. The predicted molar refractivity (Wildman–Crippen MR) is 132 cm³/mol. The van der Waals surface area contributed by atoms with Crippen LogP contribution in [0.25, 0.3) is 11.2 Å². The normalized spacial score (nSPS) is 21.5. The molecule has 3 N–H and O–H groups in total. The van der Waals surface area contributed by atoms with E-state index in [1.165, 1.54) is 24.5 Å². The second kappa shape index (κ2) is 10.2. The van der Waals surface area contributed by atoms with E-state index >= 15 is 0 Å². The Balaban J connectivity index is 1.41. The summed E-state index contributed by atoms with van der Waals surface area (Å²) in [5.41, 5.74) is 0.797. The molecule has 3 aromatic rings. The molecule has 13 heteroatoms. The van der Waals surface area contributed by atoms with Crippen molar-refractivity contribution in [1.82, 2.24) is 24.2 Å². The number of benzene rings is 1. The average Bonchev–Trinajstić information content (AvgIpc) is 3.20. The van der Waals surface area contributed by atoms with E-state index < -0.39 is 21.7 Å². The van der Waals surface area contributed by atoms with Gasteiger partial charge in [-0.15, -0.1) is 0 Å². The summed E-state index contributed by atoms with van der Waals surface area (Å²) in [5.74, 6) is -0.705. The molecule has 36 heavy (non-hydrogen) atoms. The third-order valence-corrected chi connectivity index (χ3v) is 7.39. The van der Waals surface area contributed by atoms with Crippen LogP contribution in [0.1, 0.15) is 44.6 Å². The van der Waals surface area contributed by atoms with Crippen LogP contribution in [-0.2, 0) is 14.8 Å². The lowest BCUT2D eigenvalue weighted by Gasteiger charge is -2.29. The van der Waals surface area contributed by atoms with E-state index in [2.05, 4.69) is 25.3 Å². The highest BCUT2D eigenvalue weighted by atomic mass is 32.2. The second-order valence-electron chi connectivity index (χ2n) is 9.36. The van der Waals surface area contributed by atoms with Crippen LogP contribution < -0.4 is 15.4 Å². The van der Waals surface area contributed by atoms with Crippen molar-refractivity contribution in [2.45, 2.75) is 56.7 Å². The van der Waals surface area contributed by atoms with Gasteiger partial charge in [0.15, 0.2) is 5.65 Å². The van der Waals surface area contributed by atoms with Crippen LogP contribution >= 0.6 is 0 Å². The molecule has 0 unspecified atom stereocenters. The van der Waals surface area contributed by atoms with E-state index in [0.717, 1.165) is 25.7 Å². The van der Waals surface area contributed by atoms with Gasteiger partial charge in [0, 0.05) is 31.3 Å². The van der Waals surface area contributed by atoms with Crippen molar-refractivity contribution >= 4 is 38.8 Å². The first-order chi connectivity index (χ1) is 17.3. The molecule has 0 spiro atoms. The Morgan fingerprint density at radius 1 is 1.00 bits per heavy atom. The minimum atomic E-state index is -3.23. The Morgan fingerprint density at radius 2 is 1.67 bits per heavy atom. The van der Waals surface area contributed by atoms with Gasteiger partial charge in [-0.05, 0) is 50.7 Å². The number of sulfonamides is 1. The van der Waals surface area contributed by atoms with Crippen molar-refractivity contribution in [3.63, 3.8) is 0 Å². The molecule has 1 aliphatic heterocycles. The Labute approximate surface area is 207 Å². The maximum atomic E-state index is 14.4. The maximum absolute atomic E-state index is 14.4. The number of rotatable bonds is 7. The zero-order valence-electron chi connectivity index (χ0n) is 19.9. The summed E-state index contributed by atoms with van der Waals surface area (Å²) in [7, 11) is -3.23. The molecule has 1 aliphatic carbocycles. The lowest BCUT2D eigenvalue weighted by Crippen LogP contribution is -2.39. The number of para-hydroxylation sites is 1. The van der Waals surface area contributed by atoms with Crippen LogP contribution in [0.3, 0.4) is 0 Å². The van der Waals surface area contributed by atoms with Crippen molar-refractivity contribution in [2.24, 2.45) is 0 Å². The molecule has 2 aromatic heterocycles. The molecule has 2 aliphatic rings. The number of halogens is 2. The summed E-state index contributed by atoms with van der Waals surface area (Å²) in [4.78, 5) is 13.7. The van der Waals surface area contributed by atoms with E-state index in [-0.39, 0.29) is 23.8 Å². The molecule has 0 bridgehead atoms. The summed E-state index contributed by atoms with van der Waals surface area (Å²) >= 11 is 0. The van der Waals surface area contributed by atoms with E-state index in [9.17, 15) is 17.2 Å². The van der Waals surface area contributed by atoms with Gasteiger partial charge in [0.1, 0.15) is 22.8 Å². The first-order valence-electron chi connectivity index (χ1n) is 12.0. The standard InChI is InChI=1S/C23H29F2N7O3S/c1-36(33,34)31-15-7-5-14(6-8-15)27-22-26-13-19-21(30-22)32(16-9-11-35-12-10-16)23(28-19)29-20-17(24)3-2-4-18(20)25/h2-4,13-16,31H,5-12H2,1H3,(H,28,29)(H,26,27,30). The fourth-order valence-corrected chi connectivity index (χ4v) is 5.75.